The van der Waals surface area contributed by atoms with Crippen LogP contribution in [0.25, 0.3) is 33.3 Å². The van der Waals surface area contributed by atoms with Gasteiger partial charge in [-0.05, 0) is 40.6 Å². The third-order valence-electron chi connectivity index (χ3n) is 5.14. The molecule has 0 bridgehead atoms. The van der Waals surface area contributed by atoms with Gasteiger partial charge in [0.15, 0.2) is 5.82 Å². The number of hydrogen-bond acceptors (Lipinski definition) is 7. The number of sulfonamides is 1. The molecule has 0 aliphatic carbocycles. The molecule has 2 unspecified atom stereocenters. The first kappa shape index (κ1) is 20.0. The highest BCUT2D eigenvalue weighted by Crippen LogP contribution is 2.32. The Morgan fingerprint density at radius 2 is 1.90 bits per heavy atom. The molecule has 2 atom stereocenters. The van der Waals surface area contributed by atoms with Crippen LogP contribution in [-0.2, 0) is 14.8 Å². The summed E-state index contributed by atoms with van der Waals surface area (Å²) in [7, 11) is -4.05. The van der Waals surface area contributed by atoms with Gasteiger partial charge in [0, 0.05) is 22.4 Å². The fourth-order valence-corrected chi connectivity index (χ4v) is 4.55. The van der Waals surface area contributed by atoms with Crippen LogP contribution in [0.2, 0.25) is 0 Å². The van der Waals surface area contributed by atoms with Gasteiger partial charge in [-0.3, -0.25) is 4.79 Å². The van der Waals surface area contributed by atoms with Gasteiger partial charge in [-0.1, -0.05) is 26.3 Å². The monoisotopic (exact) mass is 429 g/mol. The number of nitrogens with zero attached hydrogens (tertiary/aromatic N) is 3. The zero-order valence-electron chi connectivity index (χ0n) is 16.2. The number of benzene rings is 2. The summed E-state index contributed by atoms with van der Waals surface area (Å²) in [5.74, 6) is -1.10. The molecule has 0 aliphatic rings. The summed E-state index contributed by atoms with van der Waals surface area (Å²) in [4.78, 5) is 11.4. The van der Waals surface area contributed by atoms with Crippen molar-refractivity contribution < 1.29 is 22.7 Å². The van der Waals surface area contributed by atoms with Crippen molar-refractivity contribution in [1.29, 1.82) is 0 Å². The zero-order valence-corrected chi connectivity index (χ0v) is 17.0. The molecule has 0 spiro atoms. The Balaban J connectivity index is 1.73. The van der Waals surface area contributed by atoms with Gasteiger partial charge in [0.2, 0.25) is 10.0 Å². The molecular weight excluding hydrogens is 410 g/mol. The topological polar surface area (TPSA) is 151 Å². The highest BCUT2D eigenvalue weighted by Gasteiger charge is 2.29. The van der Waals surface area contributed by atoms with Gasteiger partial charge in [-0.15, -0.1) is 5.10 Å². The molecule has 0 saturated carbocycles. The fraction of sp³-hybridized carbons (Fsp3) is 0.263. The van der Waals surface area contributed by atoms with Crippen molar-refractivity contribution in [3.05, 3.63) is 36.4 Å². The number of aliphatic carboxylic acids is 1. The van der Waals surface area contributed by atoms with Crippen LogP contribution in [-0.4, -0.2) is 46.2 Å². The number of carboxylic acids is 1. The van der Waals surface area contributed by atoms with E-state index in [-0.39, 0.29) is 10.8 Å². The van der Waals surface area contributed by atoms with Crippen LogP contribution in [0.3, 0.4) is 0 Å². The van der Waals surface area contributed by atoms with Crippen LogP contribution in [0.5, 0.6) is 0 Å². The van der Waals surface area contributed by atoms with Crippen LogP contribution in [0.1, 0.15) is 20.3 Å². The van der Waals surface area contributed by atoms with E-state index in [1.807, 2.05) is 12.1 Å². The van der Waals surface area contributed by atoms with Crippen LogP contribution in [0, 0.1) is 5.92 Å². The highest BCUT2D eigenvalue weighted by atomic mass is 32.2. The number of nitrogens with one attached hydrogen (secondary N) is 2. The Morgan fingerprint density at radius 1 is 1.20 bits per heavy atom. The summed E-state index contributed by atoms with van der Waals surface area (Å²) in [6.07, 6.45) is 0.519. The minimum Gasteiger partial charge on any atom is -0.480 e. The summed E-state index contributed by atoms with van der Waals surface area (Å²) in [6, 6.07) is 8.68. The van der Waals surface area contributed by atoms with Crippen LogP contribution in [0.15, 0.2) is 45.7 Å². The first-order valence-corrected chi connectivity index (χ1v) is 10.7. The lowest BCUT2D eigenvalue weighted by Gasteiger charge is -2.20. The third kappa shape index (κ3) is 3.53. The Bertz CT molecular complexity index is 1330. The molecule has 0 saturated heterocycles. The molecule has 3 N–H and O–H groups in total. The summed E-state index contributed by atoms with van der Waals surface area (Å²) in [5, 5.41) is 24.6. The van der Waals surface area contributed by atoms with E-state index in [1.54, 1.807) is 26.0 Å². The van der Waals surface area contributed by atoms with Gasteiger partial charge in [0.1, 0.15) is 17.2 Å². The van der Waals surface area contributed by atoms with Gasteiger partial charge >= 0.3 is 5.97 Å². The minimum atomic E-state index is -4.05. The van der Waals surface area contributed by atoms with E-state index >= 15 is 0 Å². The predicted octanol–water partition coefficient (Wildman–Crippen LogP) is 2.54. The van der Waals surface area contributed by atoms with E-state index in [0.717, 1.165) is 16.3 Å². The minimum absolute atomic E-state index is 0.0664. The van der Waals surface area contributed by atoms with Crippen LogP contribution >= 0.6 is 0 Å². The van der Waals surface area contributed by atoms with Gasteiger partial charge in [0.25, 0.3) is 0 Å². The Kier molecular flexibility index (Phi) is 5.00. The Labute approximate surface area is 171 Å². The van der Waals surface area contributed by atoms with E-state index in [9.17, 15) is 18.3 Å². The molecule has 11 heteroatoms. The molecule has 2 aromatic carbocycles. The maximum atomic E-state index is 12.8. The number of carbonyl (C=O) groups is 1. The molecule has 0 amide bonds. The lowest BCUT2D eigenvalue weighted by Crippen LogP contribution is -2.44. The molecule has 10 nitrogen and oxygen atoms in total. The Morgan fingerprint density at radius 3 is 2.53 bits per heavy atom. The summed E-state index contributed by atoms with van der Waals surface area (Å²) in [5.41, 5.74) is 1.64. The number of aromatic nitrogens is 4. The summed E-state index contributed by atoms with van der Waals surface area (Å²) < 4.78 is 33.7. The van der Waals surface area contributed by atoms with Crippen LogP contribution < -0.4 is 4.72 Å². The first-order valence-electron chi connectivity index (χ1n) is 9.25. The molecule has 2 aromatic heterocycles. The first-order chi connectivity index (χ1) is 14.3. The van der Waals surface area contributed by atoms with Crippen LogP contribution in [0.4, 0.5) is 0 Å². The van der Waals surface area contributed by atoms with Crippen molar-refractivity contribution in [2.24, 2.45) is 5.92 Å². The Hall–Kier alpha value is -3.31. The van der Waals surface area contributed by atoms with Gasteiger partial charge in [-0.25, -0.2) is 13.5 Å². The molecule has 30 heavy (non-hydrogen) atoms. The van der Waals surface area contributed by atoms with E-state index in [0.29, 0.717) is 23.4 Å². The predicted molar refractivity (Wildman–Crippen MR) is 108 cm³/mol. The smallest absolute Gasteiger partial charge is 0.322 e. The SMILES string of the molecule is CCC(C)C(NS(=O)(=O)c1ccc2c(c1)oc1cc(-c3nnn[nH]3)ccc12)C(=O)O. The maximum absolute atomic E-state index is 12.8. The third-order valence-corrected chi connectivity index (χ3v) is 6.57. The zero-order chi connectivity index (χ0) is 21.5. The number of fused-ring (bicyclic) bond motifs is 3. The van der Waals surface area contributed by atoms with Crippen molar-refractivity contribution in [3.63, 3.8) is 0 Å². The van der Waals surface area contributed by atoms with E-state index < -0.39 is 22.0 Å². The molecule has 4 rings (SSSR count). The van der Waals surface area contributed by atoms with Crippen molar-refractivity contribution in [2.75, 3.05) is 0 Å². The number of aromatic amines is 1. The fourth-order valence-electron chi connectivity index (χ4n) is 3.23. The number of hydrogen-bond donors (Lipinski definition) is 3. The van der Waals surface area contributed by atoms with E-state index in [2.05, 4.69) is 25.3 Å². The maximum Gasteiger partial charge on any atom is 0.322 e. The largest absolute Gasteiger partial charge is 0.480 e. The number of H-pyrrole nitrogens is 1. The molecule has 0 radical (unpaired) electrons. The normalized spacial score (nSPS) is 14.2. The second-order valence-electron chi connectivity index (χ2n) is 7.04. The highest BCUT2D eigenvalue weighted by molar-refractivity contribution is 7.89. The number of furan rings is 1. The molecular formula is C19H19N5O5S. The molecule has 0 fully saturated rings. The standard InChI is InChI=1S/C19H19N5O5S/c1-3-10(2)17(19(25)26)22-30(27,28)12-5-7-14-13-6-4-11(18-20-23-24-21-18)8-15(13)29-16(14)9-12/h4-10,17,22H,3H2,1-2H3,(H,25,26)(H,20,21,23,24). The van der Waals surface area contributed by atoms with E-state index in [4.69, 9.17) is 4.42 Å². The molecule has 0 aliphatic heterocycles. The lowest BCUT2D eigenvalue weighted by molar-refractivity contribution is -0.140. The molecule has 156 valence electrons. The summed E-state index contributed by atoms with van der Waals surface area (Å²) >= 11 is 0. The second kappa shape index (κ2) is 7.50. The average molecular weight is 429 g/mol. The van der Waals surface area contributed by atoms with Crippen molar-refractivity contribution in [2.45, 2.75) is 31.2 Å². The quantitative estimate of drug-likeness (QED) is 0.405. The average Bonchev–Trinajstić information content (AvgIpc) is 3.38. The van der Waals surface area contributed by atoms with Crippen molar-refractivity contribution in [3.8, 4) is 11.4 Å². The number of tetrazole rings is 1. The number of carboxylic acid groups (broad SMARTS) is 1. The summed E-state index contributed by atoms with van der Waals surface area (Å²) in [6.45, 7) is 3.49. The van der Waals surface area contributed by atoms with Gasteiger partial charge in [-0.2, -0.15) is 4.72 Å². The van der Waals surface area contributed by atoms with Gasteiger partial charge in [0.05, 0.1) is 4.90 Å². The van der Waals surface area contributed by atoms with E-state index in [1.165, 1.54) is 12.1 Å². The number of rotatable bonds is 7. The van der Waals surface area contributed by atoms with Gasteiger partial charge < -0.3 is 9.52 Å². The van der Waals surface area contributed by atoms with Crippen molar-refractivity contribution in [1.82, 2.24) is 25.3 Å². The van der Waals surface area contributed by atoms with Crippen molar-refractivity contribution >= 4 is 37.9 Å². The second-order valence-corrected chi connectivity index (χ2v) is 8.76. The molecule has 4 aromatic rings. The molecule has 2 heterocycles. The lowest BCUT2D eigenvalue weighted by atomic mass is 10.0.